The Labute approximate surface area is 84.1 Å². The van der Waals surface area contributed by atoms with E-state index in [0.29, 0.717) is 6.04 Å². The molecule has 70 valence electrons. The van der Waals surface area contributed by atoms with Crippen molar-refractivity contribution in [2.45, 2.75) is 24.6 Å². The number of hydrogen-bond acceptors (Lipinski definition) is 5. The molecule has 0 aromatic rings. The highest BCUT2D eigenvalue weighted by molar-refractivity contribution is 7.99. The van der Waals surface area contributed by atoms with E-state index in [1.807, 2.05) is 0 Å². The molecule has 6 heteroatoms. The summed E-state index contributed by atoms with van der Waals surface area (Å²) < 4.78 is 26.0. The average molecular weight is 303 g/mol. The molecule has 0 spiro atoms. The van der Waals surface area contributed by atoms with E-state index < -0.39 is 26.8 Å². The van der Waals surface area contributed by atoms with Crippen molar-refractivity contribution in [1.29, 1.82) is 0 Å². The molecule has 2 heterocycles. The van der Waals surface area contributed by atoms with Crippen molar-refractivity contribution in [3.05, 3.63) is 0 Å². The Morgan fingerprint density at radius 1 is 1.58 bits per heavy atom. The second kappa shape index (κ2) is 3.58. The van der Waals surface area contributed by atoms with E-state index in [1.165, 1.54) is 0 Å². The molecule has 2 atom stereocenters. The largest absolute Gasteiger partial charge is 0.508 e. The van der Waals surface area contributed by atoms with Gasteiger partial charge < -0.3 is 6.87 Å². The molecule has 0 aromatic heterocycles. The third-order valence-electron chi connectivity index (χ3n) is 2.23. The van der Waals surface area contributed by atoms with Gasteiger partial charge >= 0.3 is 21.1 Å². The SMILES string of the molecule is [O-][I+2]([O-])OC12CCC(CSC1)N2. The number of rotatable bonds is 2. The molecule has 2 fully saturated rings. The molecule has 12 heavy (non-hydrogen) atoms. The van der Waals surface area contributed by atoms with E-state index in [2.05, 4.69) is 5.32 Å². The van der Waals surface area contributed by atoms with Gasteiger partial charge in [0, 0.05) is 24.0 Å². The van der Waals surface area contributed by atoms with Gasteiger partial charge in [-0.1, -0.05) is 0 Å². The first-order valence-corrected chi connectivity index (χ1v) is 7.60. The first-order valence-electron chi connectivity index (χ1n) is 3.81. The first-order chi connectivity index (χ1) is 5.70. The Kier molecular flexibility index (Phi) is 2.83. The first kappa shape index (κ1) is 9.47. The quantitative estimate of drug-likeness (QED) is 0.519. The smallest absolute Gasteiger partial charge is 0.396 e. The molecule has 2 bridgehead atoms. The molecule has 1 N–H and O–H groups in total. The van der Waals surface area contributed by atoms with E-state index in [4.69, 9.17) is 3.07 Å². The molecule has 2 aliphatic heterocycles. The van der Waals surface area contributed by atoms with Crippen molar-refractivity contribution in [1.82, 2.24) is 5.32 Å². The summed E-state index contributed by atoms with van der Waals surface area (Å²) in [5.41, 5.74) is -0.526. The van der Waals surface area contributed by atoms with E-state index in [-0.39, 0.29) is 0 Å². The van der Waals surface area contributed by atoms with Crippen LogP contribution in [0.25, 0.3) is 0 Å². The van der Waals surface area contributed by atoms with Crippen LogP contribution in [0.15, 0.2) is 0 Å². The molecular formula is C6H10INO3S. The molecule has 0 radical (unpaired) electrons. The Morgan fingerprint density at radius 2 is 2.42 bits per heavy atom. The van der Waals surface area contributed by atoms with Crippen molar-refractivity contribution in [3.8, 4) is 0 Å². The Bertz CT molecular complexity index is 178. The fraction of sp³-hybridized carbons (Fsp3) is 1.00. The van der Waals surface area contributed by atoms with Crippen LogP contribution in [0.4, 0.5) is 0 Å². The van der Waals surface area contributed by atoms with Gasteiger partial charge in [0.05, 0.1) is 0 Å². The predicted octanol–water partition coefficient (Wildman–Crippen LogP) is -4.71. The average Bonchev–Trinajstić information content (AvgIpc) is 2.25. The number of halogens is 1. The lowest BCUT2D eigenvalue weighted by Gasteiger charge is -2.27. The maximum absolute atomic E-state index is 10.5. The van der Waals surface area contributed by atoms with E-state index in [9.17, 15) is 6.87 Å². The number of fused-ring (bicyclic) bond motifs is 2. The second-order valence-electron chi connectivity index (χ2n) is 3.16. The fourth-order valence-electron chi connectivity index (χ4n) is 1.73. The summed E-state index contributed by atoms with van der Waals surface area (Å²) >= 11 is -1.76. The number of nitrogens with one attached hydrogen (secondary N) is 1. The summed E-state index contributed by atoms with van der Waals surface area (Å²) in [6.45, 7) is 0. The number of hydrogen-bond donors (Lipinski definition) is 1. The zero-order valence-electron chi connectivity index (χ0n) is 6.42. The highest BCUT2D eigenvalue weighted by Gasteiger charge is 2.50. The third-order valence-corrected chi connectivity index (χ3v) is 4.74. The lowest BCUT2D eigenvalue weighted by Crippen LogP contribution is -3.99. The maximum atomic E-state index is 10.5. The van der Waals surface area contributed by atoms with Crippen LogP contribution in [0.1, 0.15) is 12.8 Å². The second-order valence-corrected chi connectivity index (χ2v) is 5.70. The molecular weight excluding hydrogens is 293 g/mol. The maximum Gasteiger partial charge on any atom is 0.508 e. The van der Waals surface area contributed by atoms with Gasteiger partial charge in [0.2, 0.25) is 5.72 Å². The Hall–Kier alpha value is 0.920. The van der Waals surface area contributed by atoms with Gasteiger partial charge in [0.1, 0.15) is 0 Å². The summed E-state index contributed by atoms with van der Waals surface area (Å²) in [5.74, 6) is 1.85. The van der Waals surface area contributed by atoms with Gasteiger partial charge in [-0.05, 0) is 9.49 Å². The van der Waals surface area contributed by atoms with Gasteiger partial charge in [-0.15, -0.1) is 0 Å². The van der Waals surface area contributed by atoms with Crippen molar-refractivity contribution in [2.24, 2.45) is 0 Å². The Balaban J connectivity index is 2.00. The van der Waals surface area contributed by atoms with Crippen LogP contribution in [0.2, 0.25) is 0 Å². The van der Waals surface area contributed by atoms with Crippen molar-refractivity contribution < 1.29 is 31.0 Å². The van der Waals surface area contributed by atoms with Crippen LogP contribution in [-0.2, 0) is 3.07 Å². The predicted molar refractivity (Wildman–Crippen MR) is 37.3 cm³/mol. The van der Waals surface area contributed by atoms with Crippen molar-refractivity contribution in [2.75, 3.05) is 11.5 Å². The molecule has 0 aliphatic carbocycles. The summed E-state index contributed by atoms with van der Waals surface area (Å²) in [4.78, 5) is 0. The lowest BCUT2D eigenvalue weighted by atomic mass is 10.2. The molecule has 2 rings (SSSR count). The molecule has 2 unspecified atom stereocenters. The van der Waals surface area contributed by atoms with Crippen molar-refractivity contribution >= 4 is 11.8 Å². The minimum Gasteiger partial charge on any atom is -0.396 e. The van der Waals surface area contributed by atoms with E-state index in [1.54, 1.807) is 11.8 Å². The van der Waals surface area contributed by atoms with Gasteiger partial charge in [-0.25, -0.2) is 0 Å². The van der Waals surface area contributed by atoms with Gasteiger partial charge in [0.15, 0.2) is 0 Å². The molecule has 0 saturated carbocycles. The third kappa shape index (κ3) is 1.88. The normalized spacial score (nSPS) is 40.8. The van der Waals surface area contributed by atoms with Crippen LogP contribution >= 0.6 is 11.8 Å². The highest BCUT2D eigenvalue weighted by Crippen LogP contribution is 2.33. The lowest BCUT2D eigenvalue weighted by molar-refractivity contribution is -1.63. The van der Waals surface area contributed by atoms with Crippen molar-refractivity contribution in [3.63, 3.8) is 0 Å². The zero-order chi connectivity index (χ0) is 8.60. The van der Waals surface area contributed by atoms with E-state index in [0.717, 1.165) is 24.3 Å². The molecule has 0 amide bonds. The summed E-state index contributed by atoms with van der Waals surface area (Å²) in [6, 6.07) is 0.458. The highest BCUT2D eigenvalue weighted by atomic mass is 127. The van der Waals surface area contributed by atoms with Crippen LogP contribution in [0.3, 0.4) is 0 Å². The van der Waals surface area contributed by atoms with Crippen LogP contribution in [0.5, 0.6) is 0 Å². The van der Waals surface area contributed by atoms with Crippen LogP contribution in [0, 0.1) is 0 Å². The minimum absolute atomic E-state index is 0.458. The van der Waals surface area contributed by atoms with Crippen LogP contribution < -0.4 is 33.3 Å². The Morgan fingerprint density at radius 3 is 3.17 bits per heavy atom. The zero-order valence-corrected chi connectivity index (χ0v) is 9.39. The van der Waals surface area contributed by atoms with E-state index >= 15 is 0 Å². The molecule has 0 aromatic carbocycles. The molecule has 2 aliphatic rings. The standard InChI is InChI=1S/C6H10INO3S/c9-7(10)11-6-2-1-5(8-6)3-12-4-6/h5,8H,1-4H2. The molecule has 4 nitrogen and oxygen atoms in total. The topological polar surface area (TPSA) is 67.4 Å². The number of thioether (sulfide) groups is 1. The fourth-order valence-corrected chi connectivity index (χ4v) is 4.40. The monoisotopic (exact) mass is 303 g/mol. The summed E-state index contributed by atoms with van der Waals surface area (Å²) in [5, 5.41) is 3.23. The van der Waals surface area contributed by atoms with Gasteiger partial charge in [-0.2, -0.15) is 11.8 Å². The minimum atomic E-state index is -3.53. The van der Waals surface area contributed by atoms with Crippen LogP contribution in [-0.4, -0.2) is 23.3 Å². The summed E-state index contributed by atoms with van der Waals surface area (Å²) in [6.07, 6.45) is 1.88. The summed E-state index contributed by atoms with van der Waals surface area (Å²) in [7, 11) is 0. The molecule has 2 saturated heterocycles. The van der Waals surface area contributed by atoms with Gasteiger partial charge in [0.25, 0.3) is 0 Å². The van der Waals surface area contributed by atoms with Gasteiger partial charge in [-0.3, -0.25) is 5.32 Å².